The van der Waals surface area contributed by atoms with Gasteiger partial charge in [-0.15, -0.1) is 0 Å². The maximum Gasteiger partial charge on any atom is 0.319 e. The molecule has 0 saturated carbocycles. The van der Waals surface area contributed by atoms with E-state index >= 15 is 0 Å². The van der Waals surface area contributed by atoms with Crippen LogP contribution in [0.5, 0.6) is 0 Å². The van der Waals surface area contributed by atoms with Gasteiger partial charge < -0.3 is 9.80 Å². The number of carbonyl (C=O) groups excluding carboxylic acids is 1. The molecule has 1 fully saturated rings. The number of carbonyl (C=O) groups is 1. The van der Waals surface area contributed by atoms with Gasteiger partial charge >= 0.3 is 6.03 Å². The van der Waals surface area contributed by atoms with E-state index in [0.29, 0.717) is 6.04 Å². The highest BCUT2D eigenvalue weighted by molar-refractivity contribution is 7.98. The number of piperidine rings is 1. The number of rotatable bonds is 4. The Labute approximate surface area is 110 Å². The van der Waals surface area contributed by atoms with Crippen LogP contribution >= 0.6 is 11.8 Å². The van der Waals surface area contributed by atoms with E-state index in [4.69, 9.17) is 0 Å². The lowest BCUT2D eigenvalue weighted by molar-refractivity contribution is 0.131. The number of amides is 2. The Balaban J connectivity index is 2.40. The van der Waals surface area contributed by atoms with Gasteiger partial charge in [-0.25, -0.2) is 4.79 Å². The van der Waals surface area contributed by atoms with Crippen molar-refractivity contribution in [3.8, 4) is 0 Å². The molecule has 17 heavy (non-hydrogen) atoms. The normalized spacial score (nSPS) is 19.2. The first kappa shape index (κ1) is 14.7. The molecule has 0 spiro atoms. The van der Waals surface area contributed by atoms with Crippen LogP contribution in [0, 0.1) is 5.92 Å². The second kappa shape index (κ2) is 7.14. The Hall–Kier alpha value is -0.380. The molecule has 100 valence electrons. The van der Waals surface area contributed by atoms with Crippen molar-refractivity contribution in [2.45, 2.75) is 39.2 Å². The molecule has 1 unspecified atom stereocenters. The van der Waals surface area contributed by atoms with Crippen LogP contribution < -0.4 is 0 Å². The number of hydrogen-bond donors (Lipinski definition) is 0. The third kappa shape index (κ3) is 4.41. The molecule has 0 aromatic carbocycles. The van der Waals surface area contributed by atoms with E-state index in [2.05, 4.69) is 20.1 Å². The molecule has 0 N–H and O–H groups in total. The van der Waals surface area contributed by atoms with Crippen LogP contribution in [0.4, 0.5) is 4.79 Å². The van der Waals surface area contributed by atoms with Crippen molar-refractivity contribution in [3.63, 3.8) is 0 Å². The molecule has 0 radical (unpaired) electrons. The Bertz CT molecular complexity index is 240. The fourth-order valence-electron chi connectivity index (χ4n) is 2.09. The summed E-state index contributed by atoms with van der Waals surface area (Å²) in [6.45, 7) is 6.27. The number of likely N-dealkylation sites (tertiary alicyclic amines) is 1. The average molecular weight is 258 g/mol. The highest BCUT2D eigenvalue weighted by atomic mass is 32.2. The van der Waals surface area contributed by atoms with Gasteiger partial charge in [0, 0.05) is 26.2 Å². The van der Waals surface area contributed by atoms with E-state index in [0.717, 1.165) is 44.0 Å². The number of urea groups is 1. The van der Waals surface area contributed by atoms with Crippen molar-refractivity contribution in [1.82, 2.24) is 9.80 Å². The third-order valence-corrected chi connectivity index (χ3v) is 4.40. The number of thioether (sulfide) groups is 1. The maximum atomic E-state index is 12.3. The molecular formula is C13H26N2OS. The van der Waals surface area contributed by atoms with E-state index in [-0.39, 0.29) is 6.03 Å². The van der Waals surface area contributed by atoms with Gasteiger partial charge in [0.15, 0.2) is 0 Å². The van der Waals surface area contributed by atoms with Gasteiger partial charge in [-0.3, -0.25) is 0 Å². The Kier molecular flexibility index (Phi) is 6.17. The first-order valence-corrected chi connectivity index (χ1v) is 7.96. The van der Waals surface area contributed by atoms with Crippen molar-refractivity contribution in [3.05, 3.63) is 0 Å². The number of nitrogens with zero attached hydrogens (tertiary/aromatic N) is 2. The monoisotopic (exact) mass is 258 g/mol. The molecule has 1 atom stereocenters. The van der Waals surface area contributed by atoms with E-state index in [1.54, 1.807) is 0 Å². The molecule has 1 rings (SSSR count). The molecule has 1 aliphatic rings. The minimum Gasteiger partial charge on any atom is -0.325 e. The number of hydrogen-bond acceptors (Lipinski definition) is 2. The summed E-state index contributed by atoms with van der Waals surface area (Å²) in [5.41, 5.74) is 0. The summed E-state index contributed by atoms with van der Waals surface area (Å²) < 4.78 is 0. The first-order valence-electron chi connectivity index (χ1n) is 6.57. The zero-order valence-electron chi connectivity index (χ0n) is 11.6. The van der Waals surface area contributed by atoms with Crippen LogP contribution in [0.1, 0.15) is 33.1 Å². The second-order valence-electron chi connectivity index (χ2n) is 5.19. The van der Waals surface area contributed by atoms with Gasteiger partial charge in [0.1, 0.15) is 0 Å². The smallest absolute Gasteiger partial charge is 0.319 e. The second-order valence-corrected chi connectivity index (χ2v) is 6.18. The average Bonchev–Trinajstić information content (AvgIpc) is 2.35. The third-order valence-electron chi connectivity index (χ3n) is 3.76. The summed E-state index contributed by atoms with van der Waals surface area (Å²) in [6.07, 6.45) is 5.49. The molecule has 1 saturated heterocycles. The van der Waals surface area contributed by atoms with Crippen LogP contribution in [0.15, 0.2) is 0 Å². The standard InChI is InChI=1S/C13H26N2OS/c1-11-5-8-15(9-6-11)13(16)14(3)12(2)7-10-17-4/h11-12H,5-10H2,1-4H3. The van der Waals surface area contributed by atoms with E-state index < -0.39 is 0 Å². The lowest BCUT2D eigenvalue weighted by Crippen LogP contribution is -2.48. The van der Waals surface area contributed by atoms with Crippen LogP contribution in [0.25, 0.3) is 0 Å². The van der Waals surface area contributed by atoms with E-state index in [9.17, 15) is 4.79 Å². The van der Waals surface area contributed by atoms with E-state index in [1.807, 2.05) is 28.6 Å². The summed E-state index contributed by atoms with van der Waals surface area (Å²) in [4.78, 5) is 16.2. The summed E-state index contributed by atoms with van der Waals surface area (Å²) in [5.74, 6) is 1.90. The quantitative estimate of drug-likeness (QED) is 0.774. The highest BCUT2D eigenvalue weighted by Crippen LogP contribution is 2.18. The lowest BCUT2D eigenvalue weighted by atomic mass is 9.99. The zero-order chi connectivity index (χ0) is 12.8. The van der Waals surface area contributed by atoms with Gasteiger partial charge in [0.05, 0.1) is 0 Å². The first-order chi connectivity index (χ1) is 8.06. The fraction of sp³-hybridized carbons (Fsp3) is 0.923. The summed E-state index contributed by atoms with van der Waals surface area (Å²) in [5, 5.41) is 0. The molecule has 2 amide bonds. The van der Waals surface area contributed by atoms with Crippen molar-refractivity contribution in [2.75, 3.05) is 32.1 Å². The fourth-order valence-corrected chi connectivity index (χ4v) is 2.67. The Morgan fingerprint density at radius 2 is 2.06 bits per heavy atom. The van der Waals surface area contributed by atoms with E-state index in [1.165, 1.54) is 0 Å². The van der Waals surface area contributed by atoms with Gasteiger partial charge in [-0.05, 0) is 44.1 Å². The van der Waals surface area contributed by atoms with Crippen LogP contribution in [-0.2, 0) is 0 Å². The Morgan fingerprint density at radius 1 is 1.47 bits per heavy atom. The van der Waals surface area contributed by atoms with Crippen molar-refractivity contribution in [2.24, 2.45) is 5.92 Å². The Morgan fingerprint density at radius 3 is 2.59 bits per heavy atom. The maximum absolute atomic E-state index is 12.3. The topological polar surface area (TPSA) is 23.6 Å². The van der Waals surface area contributed by atoms with Gasteiger partial charge in [0.25, 0.3) is 0 Å². The van der Waals surface area contributed by atoms with Crippen LogP contribution in [-0.4, -0.2) is 54.0 Å². The molecular weight excluding hydrogens is 232 g/mol. The van der Waals surface area contributed by atoms with Gasteiger partial charge in [-0.1, -0.05) is 6.92 Å². The molecule has 1 heterocycles. The summed E-state index contributed by atoms with van der Waals surface area (Å²) in [6, 6.07) is 0.555. The van der Waals surface area contributed by atoms with Crippen molar-refractivity contribution >= 4 is 17.8 Å². The van der Waals surface area contributed by atoms with Crippen molar-refractivity contribution < 1.29 is 4.79 Å². The molecule has 0 bridgehead atoms. The minimum absolute atomic E-state index is 0.213. The van der Waals surface area contributed by atoms with Crippen LogP contribution in [0.2, 0.25) is 0 Å². The zero-order valence-corrected chi connectivity index (χ0v) is 12.4. The molecule has 4 heteroatoms. The van der Waals surface area contributed by atoms with Crippen molar-refractivity contribution in [1.29, 1.82) is 0 Å². The predicted molar refractivity (Wildman–Crippen MR) is 75.6 cm³/mol. The predicted octanol–water partition coefficient (Wildman–Crippen LogP) is 2.91. The molecule has 0 aromatic heterocycles. The summed E-state index contributed by atoms with van der Waals surface area (Å²) >= 11 is 1.84. The van der Waals surface area contributed by atoms with Gasteiger partial charge in [-0.2, -0.15) is 11.8 Å². The minimum atomic E-state index is 0.213. The van der Waals surface area contributed by atoms with Gasteiger partial charge in [0.2, 0.25) is 0 Å². The molecule has 0 aliphatic carbocycles. The highest BCUT2D eigenvalue weighted by Gasteiger charge is 2.24. The van der Waals surface area contributed by atoms with Crippen LogP contribution in [0.3, 0.4) is 0 Å². The largest absolute Gasteiger partial charge is 0.325 e. The lowest BCUT2D eigenvalue weighted by Gasteiger charge is -2.35. The summed E-state index contributed by atoms with van der Waals surface area (Å²) in [7, 11) is 1.94. The molecule has 1 aliphatic heterocycles. The SMILES string of the molecule is CSCCC(C)N(C)C(=O)N1CCC(C)CC1. The molecule has 3 nitrogen and oxygen atoms in total. The molecule has 0 aromatic rings.